The minimum Gasteiger partial charge on any atom is -0.393 e. The van der Waals surface area contributed by atoms with Crippen molar-refractivity contribution >= 4 is 17.5 Å². The second-order valence-electron chi connectivity index (χ2n) is 10.5. The van der Waals surface area contributed by atoms with E-state index in [1.165, 1.54) is 51.4 Å². The van der Waals surface area contributed by atoms with Crippen molar-refractivity contribution in [3.63, 3.8) is 0 Å². The van der Waals surface area contributed by atoms with E-state index < -0.39 is 24.0 Å². The van der Waals surface area contributed by atoms with Crippen LogP contribution >= 0.6 is 0 Å². The Balaban J connectivity index is 2.61. The van der Waals surface area contributed by atoms with Crippen LogP contribution in [0.3, 0.4) is 0 Å². The summed E-state index contributed by atoms with van der Waals surface area (Å²) in [4.78, 5) is 38.4. The number of nitrogens with one attached hydrogen (secondary N) is 1. The van der Waals surface area contributed by atoms with Gasteiger partial charge in [0.25, 0.3) is 0 Å². The molecule has 4 N–H and O–H groups in total. The Labute approximate surface area is 201 Å². The first-order valence-electron chi connectivity index (χ1n) is 13.5. The zero-order valence-electron chi connectivity index (χ0n) is 21.6. The summed E-state index contributed by atoms with van der Waals surface area (Å²) >= 11 is 0. The SMILES string of the molecule is CCCCCCCC[C@H]1CCCC(C(=O)C[C@H](C(=O)N[C@@H](CCN)C(=O)C(C)C)[C@H](C)O)C1. The molecule has 192 valence electrons. The first-order chi connectivity index (χ1) is 15.7. The third-order valence-corrected chi connectivity index (χ3v) is 7.23. The van der Waals surface area contributed by atoms with Gasteiger partial charge < -0.3 is 16.2 Å². The molecule has 33 heavy (non-hydrogen) atoms. The summed E-state index contributed by atoms with van der Waals surface area (Å²) in [7, 11) is 0. The van der Waals surface area contributed by atoms with Crippen LogP contribution < -0.4 is 11.1 Å². The standard InChI is InChI=1S/C27H50N2O4/c1-5-6-7-8-9-10-12-21-13-11-14-22(17-21)25(31)18-23(20(4)30)27(33)29-24(15-16-28)26(32)19(2)3/h19-24,30H,5-18,28H2,1-4H3,(H,29,33)/t20-,21-,22?,23-,24-/m0/s1. The number of Topliss-reactive ketones (excluding diaryl/α,β-unsaturated/α-hetero) is 2. The van der Waals surface area contributed by atoms with Crippen molar-refractivity contribution in [2.45, 2.75) is 123 Å². The summed E-state index contributed by atoms with van der Waals surface area (Å²) in [5.74, 6) is -0.907. The van der Waals surface area contributed by atoms with E-state index in [9.17, 15) is 19.5 Å². The number of unbranched alkanes of at least 4 members (excludes halogenated alkanes) is 5. The van der Waals surface area contributed by atoms with Crippen LogP contribution in [0.25, 0.3) is 0 Å². The molecular weight excluding hydrogens is 416 g/mol. The van der Waals surface area contributed by atoms with Gasteiger partial charge in [0, 0.05) is 18.3 Å². The number of ketones is 2. The van der Waals surface area contributed by atoms with Crippen molar-refractivity contribution in [3.8, 4) is 0 Å². The van der Waals surface area contributed by atoms with Crippen LogP contribution in [-0.4, -0.2) is 41.3 Å². The van der Waals surface area contributed by atoms with Crippen molar-refractivity contribution in [2.24, 2.45) is 29.4 Å². The number of hydrogen-bond donors (Lipinski definition) is 3. The van der Waals surface area contributed by atoms with E-state index in [0.717, 1.165) is 19.3 Å². The number of aliphatic hydroxyl groups is 1. The first-order valence-corrected chi connectivity index (χ1v) is 13.5. The van der Waals surface area contributed by atoms with Gasteiger partial charge in [-0.3, -0.25) is 14.4 Å². The second-order valence-corrected chi connectivity index (χ2v) is 10.5. The predicted octanol–water partition coefficient (Wildman–Crippen LogP) is 4.56. The number of carbonyl (C=O) groups is 3. The van der Waals surface area contributed by atoms with Crippen LogP contribution in [0.4, 0.5) is 0 Å². The smallest absolute Gasteiger partial charge is 0.226 e. The molecule has 1 fully saturated rings. The van der Waals surface area contributed by atoms with Crippen molar-refractivity contribution in [1.82, 2.24) is 5.32 Å². The van der Waals surface area contributed by atoms with E-state index in [-0.39, 0.29) is 36.4 Å². The molecule has 0 spiro atoms. The number of nitrogens with two attached hydrogens (primary N) is 1. The lowest BCUT2D eigenvalue weighted by Crippen LogP contribution is -2.48. The Morgan fingerprint density at radius 2 is 1.70 bits per heavy atom. The van der Waals surface area contributed by atoms with Gasteiger partial charge in [0.05, 0.1) is 18.1 Å². The molecule has 6 nitrogen and oxygen atoms in total. The van der Waals surface area contributed by atoms with Gasteiger partial charge in [0.2, 0.25) is 5.91 Å². The minimum absolute atomic E-state index is 0.0185. The van der Waals surface area contributed by atoms with E-state index in [1.54, 1.807) is 20.8 Å². The number of hydrogen-bond acceptors (Lipinski definition) is 5. The van der Waals surface area contributed by atoms with Gasteiger partial charge in [-0.25, -0.2) is 0 Å². The maximum Gasteiger partial charge on any atom is 0.226 e. The second kappa shape index (κ2) is 16.4. The highest BCUT2D eigenvalue weighted by Gasteiger charge is 2.34. The maximum atomic E-state index is 13.1. The summed E-state index contributed by atoms with van der Waals surface area (Å²) in [5.41, 5.74) is 5.63. The van der Waals surface area contributed by atoms with Crippen LogP contribution in [0.2, 0.25) is 0 Å². The molecule has 0 bridgehead atoms. The molecule has 1 saturated carbocycles. The lowest BCUT2D eigenvalue weighted by Gasteiger charge is -2.30. The largest absolute Gasteiger partial charge is 0.393 e. The third kappa shape index (κ3) is 11.1. The average molecular weight is 467 g/mol. The van der Waals surface area contributed by atoms with Gasteiger partial charge in [-0.2, -0.15) is 0 Å². The summed E-state index contributed by atoms with van der Waals surface area (Å²) < 4.78 is 0. The molecule has 6 heteroatoms. The number of rotatable bonds is 17. The van der Waals surface area contributed by atoms with Crippen molar-refractivity contribution < 1.29 is 19.5 Å². The summed E-state index contributed by atoms with van der Waals surface area (Å²) in [6.45, 7) is 7.64. The van der Waals surface area contributed by atoms with Crippen molar-refractivity contribution in [2.75, 3.05) is 6.54 Å². The van der Waals surface area contributed by atoms with Gasteiger partial charge >= 0.3 is 0 Å². The lowest BCUT2D eigenvalue weighted by molar-refractivity contribution is -0.137. The zero-order chi connectivity index (χ0) is 24.8. The van der Waals surface area contributed by atoms with Crippen LogP contribution in [0.15, 0.2) is 0 Å². The molecule has 0 saturated heterocycles. The Morgan fingerprint density at radius 1 is 1.03 bits per heavy atom. The number of carbonyl (C=O) groups excluding carboxylic acids is 3. The van der Waals surface area contributed by atoms with Crippen LogP contribution in [0.5, 0.6) is 0 Å². The molecule has 5 atom stereocenters. The van der Waals surface area contributed by atoms with Crippen LogP contribution in [0.1, 0.15) is 111 Å². The number of aliphatic hydroxyl groups excluding tert-OH is 1. The quantitative estimate of drug-likeness (QED) is 0.272. The van der Waals surface area contributed by atoms with E-state index in [4.69, 9.17) is 5.73 Å². The topological polar surface area (TPSA) is 109 Å². The van der Waals surface area contributed by atoms with E-state index in [1.807, 2.05) is 0 Å². The summed E-state index contributed by atoms with van der Waals surface area (Å²) in [6.07, 6.45) is 12.4. The molecule has 1 aliphatic rings. The van der Waals surface area contributed by atoms with Crippen molar-refractivity contribution in [1.29, 1.82) is 0 Å². The molecule has 1 rings (SSSR count). The van der Waals surface area contributed by atoms with Gasteiger partial charge in [-0.05, 0) is 38.6 Å². The molecule has 0 aliphatic heterocycles. The van der Waals surface area contributed by atoms with Crippen molar-refractivity contribution in [3.05, 3.63) is 0 Å². The molecule has 1 amide bonds. The normalized spacial score (nSPS) is 21.4. The van der Waals surface area contributed by atoms with Gasteiger partial charge in [0.1, 0.15) is 5.78 Å². The summed E-state index contributed by atoms with van der Waals surface area (Å²) in [5, 5.41) is 13.0. The Hall–Kier alpha value is -1.27. The minimum atomic E-state index is -0.955. The molecular formula is C27H50N2O4. The van der Waals surface area contributed by atoms with Gasteiger partial charge in [-0.1, -0.05) is 78.6 Å². The monoisotopic (exact) mass is 466 g/mol. The number of amides is 1. The molecule has 0 aromatic heterocycles. The maximum absolute atomic E-state index is 13.1. The fourth-order valence-electron chi connectivity index (χ4n) is 5.06. The average Bonchev–Trinajstić information content (AvgIpc) is 2.78. The fourth-order valence-corrected chi connectivity index (χ4v) is 5.06. The van der Waals surface area contributed by atoms with Crippen LogP contribution in [-0.2, 0) is 14.4 Å². The zero-order valence-corrected chi connectivity index (χ0v) is 21.6. The lowest BCUT2D eigenvalue weighted by atomic mass is 9.75. The Morgan fingerprint density at radius 3 is 2.30 bits per heavy atom. The van der Waals surface area contributed by atoms with E-state index in [2.05, 4.69) is 12.2 Å². The third-order valence-electron chi connectivity index (χ3n) is 7.23. The fraction of sp³-hybridized carbons (Fsp3) is 0.889. The van der Waals surface area contributed by atoms with Crippen LogP contribution in [0, 0.1) is 23.7 Å². The highest BCUT2D eigenvalue weighted by atomic mass is 16.3. The predicted molar refractivity (Wildman–Crippen MR) is 134 cm³/mol. The molecule has 0 radical (unpaired) electrons. The molecule has 0 aromatic carbocycles. The highest BCUT2D eigenvalue weighted by molar-refractivity contribution is 5.93. The highest BCUT2D eigenvalue weighted by Crippen LogP contribution is 2.34. The molecule has 1 unspecified atom stereocenters. The Kier molecular flexibility index (Phi) is 14.8. The van der Waals surface area contributed by atoms with Gasteiger partial charge in [-0.15, -0.1) is 0 Å². The van der Waals surface area contributed by atoms with Gasteiger partial charge in [0.15, 0.2) is 5.78 Å². The first kappa shape index (κ1) is 29.8. The molecule has 1 aliphatic carbocycles. The molecule has 0 aromatic rings. The van der Waals surface area contributed by atoms with E-state index >= 15 is 0 Å². The summed E-state index contributed by atoms with van der Waals surface area (Å²) in [6, 6.07) is -0.671. The molecule has 0 heterocycles. The Bertz CT molecular complexity index is 591. The van der Waals surface area contributed by atoms with E-state index in [0.29, 0.717) is 12.3 Å².